The van der Waals surface area contributed by atoms with Gasteiger partial charge in [0.1, 0.15) is 11.9 Å². The third kappa shape index (κ3) is 8.84. The molecule has 0 bridgehead atoms. The Labute approximate surface area is 318 Å². The van der Waals surface area contributed by atoms with Crippen LogP contribution >= 0.6 is 0 Å². The lowest BCUT2D eigenvalue weighted by Gasteiger charge is -2.31. The van der Waals surface area contributed by atoms with Gasteiger partial charge in [-0.3, -0.25) is 19.1 Å². The van der Waals surface area contributed by atoms with Gasteiger partial charge >= 0.3 is 11.8 Å². The number of benzene rings is 3. The molecule has 2 fully saturated rings. The number of fused-ring (bicyclic) bond motifs is 1. The molecule has 286 valence electrons. The number of nitrogens with one attached hydrogen (secondary N) is 2. The molecule has 12 nitrogen and oxygen atoms in total. The van der Waals surface area contributed by atoms with Gasteiger partial charge in [-0.25, -0.2) is 23.5 Å². The summed E-state index contributed by atoms with van der Waals surface area (Å²) in [5.41, 5.74) is 3.25. The van der Waals surface area contributed by atoms with Gasteiger partial charge in [0.05, 0.1) is 17.3 Å². The minimum Gasteiger partial charge on any atom is -0.465 e. The van der Waals surface area contributed by atoms with Crippen molar-refractivity contribution in [3.63, 3.8) is 0 Å². The Kier molecular flexibility index (Phi) is 11.5. The minimum absolute atomic E-state index is 0.00649. The molecule has 13 heteroatoms. The molecule has 1 aliphatic carbocycles. The fraction of sp³-hybridized carbons (Fsp3) is 0.357. The third-order valence-electron chi connectivity index (χ3n) is 10.8. The monoisotopic (exact) mass is 747 g/mol. The van der Waals surface area contributed by atoms with Crippen molar-refractivity contribution < 1.29 is 19.1 Å². The average Bonchev–Trinajstić information content (AvgIpc) is 3.39. The molecule has 1 saturated carbocycles. The van der Waals surface area contributed by atoms with Crippen molar-refractivity contribution in [3.8, 4) is 16.8 Å². The second kappa shape index (κ2) is 16.8. The Hall–Kier alpha value is -5.66. The number of carbonyl (C=O) groups excluding carboxylic acids is 1. The van der Waals surface area contributed by atoms with E-state index in [-0.39, 0.29) is 23.5 Å². The summed E-state index contributed by atoms with van der Waals surface area (Å²) < 4.78 is 17.2. The van der Waals surface area contributed by atoms with Crippen LogP contribution in [0.5, 0.6) is 0 Å². The van der Waals surface area contributed by atoms with E-state index in [0.717, 1.165) is 68.1 Å². The predicted molar refractivity (Wildman–Crippen MR) is 209 cm³/mol. The number of carboxylic acid groups (broad SMARTS) is 1. The molecule has 1 aliphatic heterocycles. The first kappa shape index (κ1) is 37.6. The fourth-order valence-electron chi connectivity index (χ4n) is 7.87. The standard InChI is InChI=1S/C42H46FN7O5/c1-47-19-6-20-48(22-21-47)27-29-11-13-30(14-12-29)31-9-5-10-35(24-31)49-38-36(25-32(43)26-44-38)40(52)50(42(49)55)34-17-15-33(16-18-34)45-39(51)37(46-41(53)54)23-28-7-3-2-4-8-28/h2-5,7-14,24-26,33-34,37,46H,6,15-23,27H2,1H3,(H,45,51)(H,53,54)/t33?,34?,37-/m0/s1. The highest BCUT2D eigenvalue weighted by Crippen LogP contribution is 2.29. The molecule has 3 N–H and O–H groups in total. The van der Waals surface area contributed by atoms with Gasteiger partial charge in [-0.05, 0) is 92.7 Å². The highest BCUT2D eigenvalue weighted by Gasteiger charge is 2.30. The molecular formula is C42H46FN7O5. The topological polar surface area (TPSA) is 142 Å². The molecule has 0 spiro atoms. The highest BCUT2D eigenvalue weighted by molar-refractivity contribution is 5.85. The zero-order valence-corrected chi connectivity index (χ0v) is 30.9. The van der Waals surface area contributed by atoms with Gasteiger partial charge in [-0.2, -0.15) is 0 Å². The van der Waals surface area contributed by atoms with Crippen molar-refractivity contribution in [2.75, 3.05) is 33.2 Å². The van der Waals surface area contributed by atoms with E-state index in [1.165, 1.54) is 14.7 Å². The van der Waals surface area contributed by atoms with E-state index in [9.17, 15) is 28.7 Å². The summed E-state index contributed by atoms with van der Waals surface area (Å²) in [6, 6.07) is 24.4. The van der Waals surface area contributed by atoms with Crippen molar-refractivity contribution in [1.82, 2.24) is 34.6 Å². The Balaban J connectivity index is 1.11. The molecule has 7 rings (SSSR count). The summed E-state index contributed by atoms with van der Waals surface area (Å²) in [5.74, 6) is -1.13. The molecule has 2 aliphatic rings. The number of amides is 2. The number of likely N-dealkylation sites (N-methyl/N-ethyl adjacent to an activating group) is 1. The van der Waals surface area contributed by atoms with Gasteiger partial charge in [0.2, 0.25) is 5.91 Å². The van der Waals surface area contributed by atoms with Gasteiger partial charge in [0.15, 0.2) is 5.65 Å². The van der Waals surface area contributed by atoms with Crippen LogP contribution in [-0.2, 0) is 17.8 Å². The highest BCUT2D eigenvalue weighted by atomic mass is 19.1. The SMILES string of the molecule is CN1CCCN(Cc2ccc(-c3cccc(-n4c(=O)n(C5CCC(NC(=O)[C@H](Cc6ccccc6)NC(=O)O)CC5)c(=O)c5cc(F)cnc54)c3)cc2)CC1. The van der Waals surface area contributed by atoms with Gasteiger partial charge in [0, 0.05) is 38.1 Å². The number of aromatic nitrogens is 3. The van der Waals surface area contributed by atoms with E-state index >= 15 is 0 Å². The molecule has 0 unspecified atom stereocenters. The van der Waals surface area contributed by atoms with Crippen molar-refractivity contribution in [2.45, 2.75) is 63.2 Å². The molecule has 0 radical (unpaired) electrons. The van der Waals surface area contributed by atoms with Gasteiger partial charge in [-0.1, -0.05) is 66.7 Å². The third-order valence-corrected chi connectivity index (χ3v) is 10.8. The lowest BCUT2D eigenvalue weighted by Crippen LogP contribution is -2.51. The number of halogens is 1. The largest absolute Gasteiger partial charge is 0.465 e. The van der Waals surface area contributed by atoms with Crippen molar-refractivity contribution in [2.24, 2.45) is 0 Å². The first-order valence-corrected chi connectivity index (χ1v) is 18.9. The smallest absolute Gasteiger partial charge is 0.405 e. The first-order valence-electron chi connectivity index (χ1n) is 18.9. The summed E-state index contributed by atoms with van der Waals surface area (Å²) in [6.07, 6.45) is 2.73. The van der Waals surface area contributed by atoms with E-state index in [0.29, 0.717) is 31.4 Å². The number of hydrogen-bond donors (Lipinski definition) is 3. The summed E-state index contributed by atoms with van der Waals surface area (Å²) in [7, 11) is 2.16. The number of hydrogen-bond acceptors (Lipinski definition) is 7. The van der Waals surface area contributed by atoms with E-state index in [4.69, 9.17) is 0 Å². The lowest BCUT2D eigenvalue weighted by molar-refractivity contribution is -0.124. The van der Waals surface area contributed by atoms with Crippen LogP contribution < -0.4 is 21.9 Å². The number of nitrogens with zero attached hydrogens (tertiary/aromatic N) is 5. The van der Waals surface area contributed by atoms with E-state index in [2.05, 4.69) is 56.7 Å². The molecule has 3 heterocycles. The summed E-state index contributed by atoms with van der Waals surface area (Å²) in [6.45, 7) is 5.14. The van der Waals surface area contributed by atoms with E-state index in [1.54, 1.807) is 6.07 Å². The molecule has 2 aromatic heterocycles. The van der Waals surface area contributed by atoms with Crippen LogP contribution in [0.25, 0.3) is 27.8 Å². The normalized spacial score (nSPS) is 18.7. The fourth-order valence-corrected chi connectivity index (χ4v) is 7.87. The van der Waals surface area contributed by atoms with Gasteiger partial charge < -0.3 is 20.6 Å². The van der Waals surface area contributed by atoms with Crippen LogP contribution in [0.2, 0.25) is 0 Å². The number of rotatable bonds is 10. The van der Waals surface area contributed by atoms with Gasteiger partial charge in [0.25, 0.3) is 5.56 Å². The Morgan fingerprint density at radius 1 is 0.873 bits per heavy atom. The quantitative estimate of drug-likeness (QED) is 0.182. The summed E-state index contributed by atoms with van der Waals surface area (Å²) >= 11 is 0. The van der Waals surface area contributed by atoms with E-state index < -0.39 is 41.2 Å². The van der Waals surface area contributed by atoms with Crippen molar-refractivity contribution in [3.05, 3.63) is 129 Å². The number of carbonyl (C=O) groups is 2. The molecule has 2 amide bonds. The maximum atomic E-state index is 14.6. The predicted octanol–water partition coefficient (Wildman–Crippen LogP) is 4.97. The van der Waals surface area contributed by atoms with Crippen LogP contribution in [0, 0.1) is 5.82 Å². The molecule has 55 heavy (non-hydrogen) atoms. The second-order valence-corrected chi connectivity index (χ2v) is 14.7. The zero-order valence-electron chi connectivity index (χ0n) is 30.9. The lowest BCUT2D eigenvalue weighted by atomic mass is 9.90. The first-order chi connectivity index (χ1) is 26.6. The maximum Gasteiger partial charge on any atom is 0.405 e. The molecule has 1 atom stereocenters. The Morgan fingerprint density at radius 2 is 1.64 bits per heavy atom. The maximum absolute atomic E-state index is 14.6. The summed E-state index contributed by atoms with van der Waals surface area (Å²) in [4.78, 5) is 62.1. The Morgan fingerprint density at radius 3 is 2.38 bits per heavy atom. The minimum atomic E-state index is -1.30. The van der Waals surface area contributed by atoms with Crippen molar-refractivity contribution in [1.29, 1.82) is 0 Å². The Bertz CT molecular complexity index is 2270. The number of pyridine rings is 1. The molecule has 5 aromatic rings. The van der Waals surface area contributed by atoms with E-state index in [1.807, 2.05) is 48.5 Å². The van der Waals surface area contributed by atoms with Crippen LogP contribution in [-0.4, -0.2) is 86.3 Å². The molecular weight excluding hydrogens is 702 g/mol. The van der Waals surface area contributed by atoms with Crippen LogP contribution in [0.1, 0.15) is 49.3 Å². The van der Waals surface area contributed by atoms with Crippen LogP contribution in [0.3, 0.4) is 0 Å². The van der Waals surface area contributed by atoms with Crippen molar-refractivity contribution >= 4 is 23.0 Å². The van der Waals surface area contributed by atoms with Gasteiger partial charge in [-0.15, -0.1) is 0 Å². The molecule has 1 saturated heterocycles. The van der Waals surface area contributed by atoms with Crippen LogP contribution in [0.15, 0.2) is 101 Å². The second-order valence-electron chi connectivity index (χ2n) is 14.7. The zero-order chi connectivity index (χ0) is 38.5. The average molecular weight is 748 g/mol. The summed E-state index contributed by atoms with van der Waals surface area (Å²) in [5, 5.41) is 14.7. The van der Waals surface area contributed by atoms with Crippen LogP contribution in [0.4, 0.5) is 9.18 Å². The molecule has 3 aromatic carbocycles.